The first-order valence-electron chi connectivity index (χ1n) is 5.13. The third kappa shape index (κ3) is 5.33. The van der Waals surface area contributed by atoms with Gasteiger partial charge in [-0.15, -0.1) is 0 Å². The number of benzene rings is 1. The summed E-state index contributed by atoms with van der Waals surface area (Å²) in [6.45, 7) is 4.31. The highest BCUT2D eigenvalue weighted by Crippen LogP contribution is 2.15. The van der Waals surface area contributed by atoms with Gasteiger partial charge in [0.15, 0.2) is 0 Å². The van der Waals surface area contributed by atoms with Crippen LogP contribution in [0.2, 0.25) is 0 Å². The molecule has 0 amide bonds. The molecule has 0 bridgehead atoms. The lowest BCUT2D eigenvalue weighted by Gasteiger charge is -2.03. The van der Waals surface area contributed by atoms with Gasteiger partial charge >= 0.3 is 0 Å². The molecule has 1 rings (SSSR count). The van der Waals surface area contributed by atoms with Gasteiger partial charge in [0.05, 0.1) is 0 Å². The van der Waals surface area contributed by atoms with E-state index in [0.717, 1.165) is 17.3 Å². The monoisotopic (exact) mass is 238 g/mol. The first-order chi connectivity index (χ1) is 7.22. The van der Waals surface area contributed by atoms with Crippen LogP contribution >= 0.6 is 24.4 Å². The molecular weight excluding hydrogens is 220 g/mol. The lowest BCUT2D eigenvalue weighted by Crippen LogP contribution is -1.85. The Labute approximate surface area is 103 Å². The lowest BCUT2D eigenvalue weighted by atomic mass is 10.1. The average molecular weight is 238 g/mol. The van der Waals surface area contributed by atoms with Crippen LogP contribution in [-0.4, -0.2) is 11.5 Å². The summed E-state index contributed by atoms with van der Waals surface area (Å²) in [7, 11) is 0. The maximum absolute atomic E-state index is 4.12. The van der Waals surface area contributed by atoms with Crippen molar-refractivity contribution in [3.63, 3.8) is 0 Å². The van der Waals surface area contributed by atoms with E-state index in [0.29, 0.717) is 0 Å². The Morgan fingerprint density at radius 2 is 1.80 bits per heavy atom. The zero-order chi connectivity index (χ0) is 11.1. The standard InChI is InChI=1S/C13H18S2/c1-11-7-12(2)9-13(8-11)10-15-6-4-3-5-14/h3-4,7-9,14H,5-6,10H2,1-2H3. The van der Waals surface area contributed by atoms with Crippen LogP contribution in [0.5, 0.6) is 0 Å². The zero-order valence-corrected chi connectivity index (χ0v) is 11.1. The molecule has 1 aromatic carbocycles. The lowest BCUT2D eigenvalue weighted by molar-refractivity contribution is 1.30. The molecule has 0 aromatic heterocycles. The van der Waals surface area contributed by atoms with Crippen LogP contribution in [0.4, 0.5) is 0 Å². The van der Waals surface area contributed by atoms with Gasteiger partial charge in [-0.25, -0.2) is 0 Å². The molecule has 0 N–H and O–H groups in total. The van der Waals surface area contributed by atoms with Crippen molar-refractivity contribution in [3.8, 4) is 0 Å². The molecule has 0 aliphatic carbocycles. The second-order valence-corrected chi connectivity index (χ2v) is 5.06. The van der Waals surface area contributed by atoms with E-state index in [1.165, 1.54) is 16.7 Å². The minimum Gasteiger partial charge on any atom is -0.175 e. The van der Waals surface area contributed by atoms with Crippen LogP contribution in [-0.2, 0) is 5.75 Å². The van der Waals surface area contributed by atoms with Gasteiger partial charge in [-0.3, -0.25) is 0 Å². The van der Waals surface area contributed by atoms with Crippen molar-refractivity contribution in [2.24, 2.45) is 0 Å². The predicted octanol–water partition coefficient (Wildman–Crippen LogP) is 4.02. The summed E-state index contributed by atoms with van der Waals surface area (Å²) in [6.07, 6.45) is 4.28. The van der Waals surface area contributed by atoms with E-state index >= 15 is 0 Å². The van der Waals surface area contributed by atoms with E-state index in [2.05, 4.69) is 56.8 Å². The van der Waals surface area contributed by atoms with Crippen LogP contribution in [0.25, 0.3) is 0 Å². The molecule has 2 heteroatoms. The Morgan fingerprint density at radius 3 is 2.40 bits per heavy atom. The normalized spacial score (nSPS) is 11.1. The Bertz CT molecular complexity index is 309. The van der Waals surface area contributed by atoms with E-state index in [1.54, 1.807) is 0 Å². The molecular formula is C13H18S2. The summed E-state index contributed by atoms with van der Waals surface area (Å²) in [5.74, 6) is 3.01. The van der Waals surface area contributed by atoms with Gasteiger partial charge < -0.3 is 0 Å². The zero-order valence-electron chi connectivity index (χ0n) is 9.36. The van der Waals surface area contributed by atoms with Gasteiger partial charge in [0.2, 0.25) is 0 Å². The number of rotatable bonds is 5. The quantitative estimate of drug-likeness (QED) is 0.459. The SMILES string of the molecule is Cc1cc(C)cc(CSCC=CCS)c1. The Hall–Kier alpha value is -0.340. The van der Waals surface area contributed by atoms with Gasteiger partial charge in [0, 0.05) is 17.3 Å². The molecule has 0 saturated carbocycles. The summed E-state index contributed by atoms with van der Waals surface area (Å²) in [4.78, 5) is 0. The predicted molar refractivity (Wildman–Crippen MR) is 75.1 cm³/mol. The van der Waals surface area contributed by atoms with E-state index < -0.39 is 0 Å². The van der Waals surface area contributed by atoms with E-state index in [4.69, 9.17) is 0 Å². The molecule has 0 atom stereocenters. The Balaban J connectivity index is 2.40. The third-order valence-electron chi connectivity index (χ3n) is 2.04. The van der Waals surface area contributed by atoms with Crippen molar-refractivity contribution < 1.29 is 0 Å². The van der Waals surface area contributed by atoms with Gasteiger partial charge in [-0.1, -0.05) is 41.5 Å². The van der Waals surface area contributed by atoms with Crippen molar-refractivity contribution in [3.05, 3.63) is 47.0 Å². The van der Waals surface area contributed by atoms with Gasteiger partial charge in [-0.2, -0.15) is 24.4 Å². The maximum Gasteiger partial charge on any atom is 0.0187 e. The summed E-state index contributed by atoms with van der Waals surface area (Å²) in [5.41, 5.74) is 4.14. The van der Waals surface area contributed by atoms with Gasteiger partial charge in [0.25, 0.3) is 0 Å². The first-order valence-corrected chi connectivity index (χ1v) is 6.92. The van der Waals surface area contributed by atoms with E-state index in [-0.39, 0.29) is 0 Å². The number of thioether (sulfide) groups is 1. The van der Waals surface area contributed by atoms with Crippen molar-refractivity contribution in [1.29, 1.82) is 0 Å². The Morgan fingerprint density at radius 1 is 1.13 bits per heavy atom. The smallest absolute Gasteiger partial charge is 0.0187 e. The minimum absolute atomic E-state index is 0.837. The molecule has 0 nitrogen and oxygen atoms in total. The van der Waals surface area contributed by atoms with Crippen LogP contribution in [0, 0.1) is 13.8 Å². The molecule has 0 aliphatic heterocycles. The van der Waals surface area contributed by atoms with Crippen molar-refractivity contribution in [1.82, 2.24) is 0 Å². The number of hydrogen-bond donors (Lipinski definition) is 1. The van der Waals surface area contributed by atoms with Gasteiger partial charge in [-0.05, 0) is 19.4 Å². The molecule has 0 saturated heterocycles. The third-order valence-corrected chi connectivity index (χ3v) is 3.21. The van der Waals surface area contributed by atoms with Crippen LogP contribution in [0.15, 0.2) is 30.4 Å². The molecule has 0 heterocycles. The van der Waals surface area contributed by atoms with E-state index in [9.17, 15) is 0 Å². The highest BCUT2D eigenvalue weighted by molar-refractivity contribution is 7.98. The molecule has 0 aliphatic rings. The second-order valence-electron chi connectivity index (χ2n) is 3.67. The maximum atomic E-state index is 4.12. The molecule has 0 spiro atoms. The molecule has 1 aromatic rings. The van der Waals surface area contributed by atoms with Crippen LogP contribution in [0.3, 0.4) is 0 Å². The molecule has 0 radical (unpaired) electrons. The highest BCUT2D eigenvalue weighted by atomic mass is 32.2. The summed E-state index contributed by atoms with van der Waals surface area (Å²) in [5, 5.41) is 0. The minimum atomic E-state index is 0.837. The fraction of sp³-hybridized carbons (Fsp3) is 0.385. The Kier molecular flexibility index (Phi) is 5.96. The largest absolute Gasteiger partial charge is 0.175 e. The second kappa shape index (κ2) is 7.02. The molecule has 0 fully saturated rings. The molecule has 0 unspecified atom stereocenters. The fourth-order valence-electron chi connectivity index (χ4n) is 1.54. The number of thiol groups is 1. The number of aryl methyl sites for hydroxylation is 2. The summed E-state index contributed by atoms with van der Waals surface area (Å²) >= 11 is 6.07. The van der Waals surface area contributed by atoms with E-state index in [1.807, 2.05) is 11.8 Å². The average Bonchev–Trinajstić information content (AvgIpc) is 2.16. The van der Waals surface area contributed by atoms with Crippen LogP contribution < -0.4 is 0 Å². The molecule has 15 heavy (non-hydrogen) atoms. The van der Waals surface area contributed by atoms with Crippen LogP contribution in [0.1, 0.15) is 16.7 Å². The van der Waals surface area contributed by atoms with Crippen molar-refractivity contribution in [2.75, 3.05) is 11.5 Å². The topological polar surface area (TPSA) is 0 Å². The highest BCUT2D eigenvalue weighted by Gasteiger charge is 1.95. The summed E-state index contributed by atoms with van der Waals surface area (Å²) in [6, 6.07) is 6.75. The van der Waals surface area contributed by atoms with Crippen molar-refractivity contribution >= 4 is 24.4 Å². The fourth-order valence-corrected chi connectivity index (χ4v) is 2.48. The molecule has 82 valence electrons. The summed E-state index contributed by atoms with van der Waals surface area (Å²) < 4.78 is 0. The van der Waals surface area contributed by atoms with Crippen molar-refractivity contribution in [2.45, 2.75) is 19.6 Å². The first kappa shape index (κ1) is 12.7. The number of hydrogen-bond acceptors (Lipinski definition) is 2. The van der Waals surface area contributed by atoms with Gasteiger partial charge in [0.1, 0.15) is 0 Å².